The van der Waals surface area contributed by atoms with Crippen LogP contribution in [0.15, 0.2) is 53.0 Å². The van der Waals surface area contributed by atoms with Crippen molar-refractivity contribution in [3.8, 4) is 6.07 Å². The minimum absolute atomic E-state index is 0.193. The number of hydrogen-bond donors (Lipinski definition) is 0. The molecule has 1 unspecified atom stereocenters. The van der Waals surface area contributed by atoms with Gasteiger partial charge in [-0.3, -0.25) is 9.80 Å². The van der Waals surface area contributed by atoms with Gasteiger partial charge in [-0.15, -0.1) is 0 Å². The Hall–Kier alpha value is -2.40. The van der Waals surface area contributed by atoms with Gasteiger partial charge in [-0.1, -0.05) is 28.1 Å². The van der Waals surface area contributed by atoms with Crippen molar-refractivity contribution in [2.24, 2.45) is 0 Å². The highest BCUT2D eigenvalue weighted by atomic mass is 79.9. The van der Waals surface area contributed by atoms with Crippen molar-refractivity contribution < 1.29 is 9.53 Å². The van der Waals surface area contributed by atoms with E-state index in [1.807, 2.05) is 48.5 Å². The number of esters is 1. The van der Waals surface area contributed by atoms with Gasteiger partial charge in [0.15, 0.2) is 0 Å². The zero-order chi connectivity index (χ0) is 22.5. The topological polar surface area (TPSA) is 59.8 Å². The molecule has 0 bridgehead atoms. The van der Waals surface area contributed by atoms with Crippen LogP contribution in [-0.4, -0.2) is 68.2 Å². The van der Waals surface area contributed by atoms with E-state index >= 15 is 0 Å². The van der Waals surface area contributed by atoms with Crippen molar-refractivity contribution in [1.82, 2.24) is 9.80 Å². The van der Waals surface area contributed by atoms with Crippen molar-refractivity contribution in [1.29, 1.82) is 5.26 Å². The van der Waals surface area contributed by atoms with Crippen molar-refractivity contribution in [2.75, 3.05) is 51.3 Å². The van der Waals surface area contributed by atoms with Crippen molar-refractivity contribution in [3.63, 3.8) is 0 Å². The van der Waals surface area contributed by atoms with E-state index in [1.165, 1.54) is 12.8 Å². The molecule has 32 heavy (non-hydrogen) atoms. The quantitative estimate of drug-likeness (QED) is 0.586. The molecule has 2 aliphatic rings. The summed E-state index contributed by atoms with van der Waals surface area (Å²) in [6, 6.07) is 18.2. The van der Waals surface area contributed by atoms with E-state index in [2.05, 4.69) is 36.7 Å². The van der Waals surface area contributed by atoms with Gasteiger partial charge in [0, 0.05) is 55.5 Å². The summed E-state index contributed by atoms with van der Waals surface area (Å²) < 4.78 is 6.14. The van der Waals surface area contributed by atoms with E-state index in [0.717, 1.165) is 62.1 Å². The van der Waals surface area contributed by atoms with Crippen LogP contribution in [0.5, 0.6) is 0 Å². The summed E-state index contributed by atoms with van der Waals surface area (Å²) in [6.45, 7) is 5.84. The first kappa shape index (κ1) is 22.8. The number of methoxy groups -OCH3 is 1. The van der Waals surface area contributed by atoms with Gasteiger partial charge in [-0.05, 0) is 54.8 Å². The summed E-state index contributed by atoms with van der Waals surface area (Å²) in [5.41, 5.74) is 2.87. The predicted molar refractivity (Wildman–Crippen MR) is 128 cm³/mol. The number of piperazine rings is 1. The summed E-state index contributed by atoms with van der Waals surface area (Å²) in [5, 5.41) is 8.99. The van der Waals surface area contributed by atoms with E-state index in [-0.39, 0.29) is 12.0 Å². The van der Waals surface area contributed by atoms with Crippen molar-refractivity contribution >= 4 is 27.6 Å². The Labute approximate surface area is 198 Å². The maximum absolute atomic E-state index is 12.6. The zero-order valence-corrected chi connectivity index (χ0v) is 20.0. The second-order valence-electron chi connectivity index (χ2n) is 8.43. The van der Waals surface area contributed by atoms with Gasteiger partial charge in [-0.25, -0.2) is 4.79 Å². The van der Waals surface area contributed by atoms with Gasteiger partial charge in [0.2, 0.25) is 0 Å². The summed E-state index contributed by atoms with van der Waals surface area (Å²) in [5.74, 6) is -0.193. The molecule has 2 heterocycles. The number of carbonyl (C=O) groups excluding carboxylic acids is 1. The Bertz CT molecular complexity index is 941. The lowest BCUT2D eigenvalue weighted by Gasteiger charge is -2.44. The lowest BCUT2D eigenvalue weighted by Crippen LogP contribution is -2.54. The van der Waals surface area contributed by atoms with Crippen molar-refractivity contribution in [3.05, 3.63) is 64.1 Å². The molecule has 0 aliphatic carbocycles. The molecular weight excluding hydrogens is 468 g/mol. The van der Waals surface area contributed by atoms with Gasteiger partial charge < -0.3 is 9.64 Å². The lowest BCUT2D eigenvalue weighted by atomic mass is 9.97. The Kier molecular flexibility index (Phi) is 7.46. The molecule has 0 amide bonds. The van der Waals surface area contributed by atoms with Gasteiger partial charge in [0.05, 0.1) is 18.7 Å². The zero-order valence-electron chi connectivity index (χ0n) is 18.4. The van der Waals surface area contributed by atoms with Crippen LogP contribution in [0.1, 0.15) is 30.0 Å². The SMILES string of the molecule is COC(=O)C(c1ccc(Br)cc1)N1CCC(N2CCN(c3ccc(C#N)cc3)CC2)CC1. The number of halogens is 1. The Balaban J connectivity index is 1.32. The number of hydrogen-bond acceptors (Lipinski definition) is 6. The first-order valence-corrected chi connectivity index (χ1v) is 11.9. The smallest absolute Gasteiger partial charge is 0.327 e. The fourth-order valence-corrected chi connectivity index (χ4v) is 5.12. The summed E-state index contributed by atoms with van der Waals surface area (Å²) >= 11 is 3.47. The predicted octanol–water partition coefficient (Wildman–Crippen LogP) is 3.82. The Morgan fingerprint density at radius 2 is 1.62 bits per heavy atom. The highest BCUT2D eigenvalue weighted by Gasteiger charge is 2.34. The van der Waals surface area contributed by atoms with Crippen LogP contribution < -0.4 is 4.90 Å². The molecule has 0 aromatic heterocycles. The van der Waals surface area contributed by atoms with Crippen LogP contribution in [0.25, 0.3) is 0 Å². The number of piperidine rings is 1. The van der Waals surface area contributed by atoms with E-state index in [9.17, 15) is 4.79 Å². The lowest BCUT2D eigenvalue weighted by molar-refractivity contribution is -0.148. The normalized spacial score (nSPS) is 19.3. The molecule has 2 aromatic rings. The van der Waals surface area contributed by atoms with Crippen LogP contribution in [0.3, 0.4) is 0 Å². The van der Waals surface area contributed by atoms with Gasteiger partial charge in [0.1, 0.15) is 6.04 Å². The molecule has 2 aromatic carbocycles. The maximum Gasteiger partial charge on any atom is 0.327 e. The third kappa shape index (κ3) is 5.15. The van der Waals surface area contributed by atoms with E-state index < -0.39 is 0 Å². The Morgan fingerprint density at radius 1 is 1.00 bits per heavy atom. The van der Waals surface area contributed by atoms with E-state index in [1.54, 1.807) is 0 Å². The van der Waals surface area contributed by atoms with Crippen LogP contribution in [-0.2, 0) is 9.53 Å². The number of nitrogens with zero attached hydrogens (tertiary/aromatic N) is 4. The number of ether oxygens (including phenoxy) is 1. The monoisotopic (exact) mass is 496 g/mol. The van der Waals surface area contributed by atoms with Crippen LogP contribution in [0.4, 0.5) is 5.69 Å². The van der Waals surface area contributed by atoms with Gasteiger partial charge in [0.25, 0.3) is 0 Å². The molecule has 0 saturated carbocycles. The summed E-state index contributed by atoms with van der Waals surface area (Å²) in [4.78, 5) is 19.8. The van der Waals surface area contributed by atoms with E-state index in [4.69, 9.17) is 10.00 Å². The molecular formula is C25H29BrN4O2. The second-order valence-corrected chi connectivity index (χ2v) is 9.34. The van der Waals surface area contributed by atoms with Crippen LogP contribution in [0.2, 0.25) is 0 Å². The highest BCUT2D eigenvalue weighted by molar-refractivity contribution is 9.10. The molecule has 7 heteroatoms. The number of nitriles is 1. The molecule has 2 fully saturated rings. The average Bonchev–Trinajstić information content (AvgIpc) is 2.86. The molecule has 2 aliphatic heterocycles. The first-order valence-electron chi connectivity index (χ1n) is 11.2. The Morgan fingerprint density at radius 3 is 2.19 bits per heavy atom. The largest absolute Gasteiger partial charge is 0.468 e. The number of likely N-dealkylation sites (tertiary alicyclic amines) is 1. The number of carbonyl (C=O) groups is 1. The van der Waals surface area contributed by atoms with Crippen LogP contribution in [0, 0.1) is 11.3 Å². The summed E-state index contributed by atoms with van der Waals surface area (Å²) in [7, 11) is 1.47. The third-order valence-electron chi connectivity index (χ3n) is 6.67. The minimum atomic E-state index is -0.345. The highest BCUT2D eigenvalue weighted by Crippen LogP contribution is 2.29. The first-order chi connectivity index (χ1) is 15.6. The number of anilines is 1. The molecule has 0 N–H and O–H groups in total. The fourth-order valence-electron chi connectivity index (χ4n) is 4.85. The standard InChI is InChI=1S/C25H29BrN4O2/c1-32-25(31)24(20-4-6-21(26)7-5-20)30-12-10-23(11-13-30)29-16-14-28(15-17-29)22-8-2-19(18-27)3-9-22/h2-9,23-24H,10-17H2,1H3. The minimum Gasteiger partial charge on any atom is -0.468 e. The van der Waals surface area contributed by atoms with Gasteiger partial charge >= 0.3 is 5.97 Å². The third-order valence-corrected chi connectivity index (χ3v) is 7.20. The van der Waals surface area contributed by atoms with Gasteiger partial charge in [-0.2, -0.15) is 5.26 Å². The van der Waals surface area contributed by atoms with E-state index in [0.29, 0.717) is 11.6 Å². The van der Waals surface area contributed by atoms with Crippen molar-refractivity contribution in [2.45, 2.75) is 24.9 Å². The van der Waals surface area contributed by atoms with Crippen LogP contribution >= 0.6 is 15.9 Å². The molecule has 168 valence electrons. The average molecular weight is 497 g/mol. The number of benzene rings is 2. The summed E-state index contributed by atoms with van der Waals surface area (Å²) in [6.07, 6.45) is 2.11. The molecule has 6 nitrogen and oxygen atoms in total. The maximum atomic E-state index is 12.6. The molecule has 0 spiro atoms. The second kappa shape index (κ2) is 10.5. The fraction of sp³-hybridized carbons (Fsp3) is 0.440. The number of rotatable bonds is 5. The molecule has 4 rings (SSSR count). The molecule has 1 atom stereocenters. The molecule has 2 saturated heterocycles. The molecule has 0 radical (unpaired) electrons.